The van der Waals surface area contributed by atoms with E-state index in [1.165, 1.54) is 66.7 Å². The van der Waals surface area contributed by atoms with Gasteiger partial charge in [0.25, 0.3) is 0 Å². The van der Waals surface area contributed by atoms with E-state index >= 15 is 4.39 Å². The number of hydrogen-bond acceptors (Lipinski definition) is 6. The van der Waals surface area contributed by atoms with Crippen molar-refractivity contribution in [2.24, 2.45) is 5.73 Å². The van der Waals surface area contributed by atoms with Crippen molar-refractivity contribution in [1.82, 2.24) is 10.6 Å². The lowest BCUT2D eigenvalue weighted by Crippen LogP contribution is -2.49. The summed E-state index contributed by atoms with van der Waals surface area (Å²) < 4.78 is 53.0. The smallest absolute Gasteiger partial charge is 0.405 e. The van der Waals surface area contributed by atoms with Crippen LogP contribution in [-0.4, -0.2) is 61.1 Å². The predicted molar refractivity (Wildman–Crippen MR) is 150 cm³/mol. The summed E-state index contributed by atoms with van der Waals surface area (Å²) in [6.07, 6.45) is -2.13. The number of nitrogens with two attached hydrogens (primary N) is 1. The number of benzene rings is 3. The van der Waals surface area contributed by atoms with Crippen LogP contribution in [0.5, 0.6) is 0 Å². The van der Waals surface area contributed by atoms with Crippen molar-refractivity contribution in [1.29, 1.82) is 0 Å². The first-order valence-corrected chi connectivity index (χ1v) is 13.5. The number of carboxylic acid groups (broad SMARTS) is 1. The molecule has 10 nitrogen and oxygen atoms in total. The Morgan fingerprint density at radius 1 is 1.00 bits per heavy atom. The second-order valence-corrected chi connectivity index (χ2v) is 9.99. The summed E-state index contributed by atoms with van der Waals surface area (Å²) in [5.41, 5.74) is 6.09. The third-order valence-corrected chi connectivity index (χ3v) is 7.04. The van der Waals surface area contributed by atoms with E-state index < -0.39 is 47.5 Å². The van der Waals surface area contributed by atoms with Crippen molar-refractivity contribution in [2.75, 3.05) is 25.1 Å². The molecule has 1 aliphatic rings. The van der Waals surface area contributed by atoms with E-state index in [1.54, 1.807) is 0 Å². The van der Waals surface area contributed by atoms with E-state index in [-0.39, 0.29) is 43.0 Å². The van der Waals surface area contributed by atoms with Crippen LogP contribution in [0, 0.1) is 17.5 Å². The van der Waals surface area contributed by atoms with E-state index in [2.05, 4.69) is 16.0 Å². The number of halogens is 3. The van der Waals surface area contributed by atoms with E-state index in [1.807, 2.05) is 0 Å². The van der Waals surface area contributed by atoms with Crippen molar-refractivity contribution in [3.05, 3.63) is 101 Å². The van der Waals surface area contributed by atoms with Crippen LogP contribution < -0.4 is 21.7 Å². The predicted octanol–water partition coefficient (Wildman–Crippen LogP) is 3.90. The summed E-state index contributed by atoms with van der Waals surface area (Å²) in [6.45, 7) is 0.702. The number of amides is 3. The van der Waals surface area contributed by atoms with Gasteiger partial charge in [-0.25, -0.2) is 22.8 Å². The molecular formula is C30H31F3N4O6. The molecule has 4 rings (SSSR count). The molecule has 3 aromatic carbocycles. The lowest BCUT2D eigenvalue weighted by molar-refractivity contribution is -0.118. The third kappa shape index (κ3) is 8.69. The van der Waals surface area contributed by atoms with Gasteiger partial charge < -0.3 is 36.3 Å². The summed E-state index contributed by atoms with van der Waals surface area (Å²) in [4.78, 5) is 36.3. The summed E-state index contributed by atoms with van der Waals surface area (Å²) >= 11 is 0. The second kappa shape index (κ2) is 14.5. The maximum atomic E-state index is 15.0. The number of hydrogen-bond donors (Lipinski definition) is 5. The molecule has 228 valence electrons. The summed E-state index contributed by atoms with van der Waals surface area (Å²) in [6, 6.07) is 12.8. The Balaban J connectivity index is 1.54. The average molecular weight is 601 g/mol. The zero-order valence-electron chi connectivity index (χ0n) is 22.9. The minimum absolute atomic E-state index is 0.0495. The second-order valence-electron chi connectivity index (χ2n) is 9.99. The number of carbonyl (C=O) groups excluding carboxylic acids is 2. The van der Waals surface area contributed by atoms with Crippen LogP contribution in [0.15, 0.2) is 66.7 Å². The first kappa shape index (κ1) is 31.3. The highest BCUT2D eigenvalue weighted by Crippen LogP contribution is 2.31. The SMILES string of the molecule is NC(=O)OC[C@@H]1CO[C@H](CCc2c(F)cccc2NC(=O)[C@@H](NC(=O)O)C(c2ccc(F)cc2)c2ccc(F)cc2)CN1. The van der Waals surface area contributed by atoms with Crippen molar-refractivity contribution in [3.63, 3.8) is 0 Å². The maximum absolute atomic E-state index is 15.0. The van der Waals surface area contributed by atoms with Gasteiger partial charge in [0.2, 0.25) is 5.91 Å². The zero-order valence-corrected chi connectivity index (χ0v) is 22.9. The van der Waals surface area contributed by atoms with Gasteiger partial charge in [0, 0.05) is 23.7 Å². The van der Waals surface area contributed by atoms with Gasteiger partial charge in [0.1, 0.15) is 30.1 Å². The highest BCUT2D eigenvalue weighted by atomic mass is 19.1. The van der Waals surface area contributed by atoms with E-state index in [9.17, 15) is 28.3 Å². The first-order valence-electron chi connectivity index (χ1n) is 13.5. The van der Waals surface area contributed by atoms with Gasteiger partial charge in [-0.05, 0) is 60.4 Å². The summed E-state index contributed by atoms with van der Waals surface area (Å²) in [7, 11) is 0. The molecule has 3 amide bonds. The van der Waals surface area contributed by atoms with Gasteiger partial charge in [0.05, 0.1) is 18.8 Å². The minimum atomic E-state index is -1.50. The molecule has 0 bridgehead atoms. The number of primary amides is 1. The number of anilines is 1. The molecule has 13 heteroatoms. The lowest BCUT2D eigenvalue weighted by atomic mass is 9.84. The van der Waals surface area contributed by atoms with E-state index in [0.29, 0.717) is 24.1 Å². The van der Waals surface area contributed by atoms with Crippen LogP contribution in [-0.2, 0) is 20.7 Å². The molecule has 6 N–H and O–H groups in total. The van der Waals surface area contributed by atoms with Gasteiger partial charge in [-0.15, -0.1) is 0 Å². The minimum Gasteiger partial charge on any atom is -0.465 e. The lowest BCUT2D eigenvalue weighted by Gasteiger charge is -2.30. The topological polar surface area (TPSA) is 152 Å². The van der Waals surface area contributed by atoms with Crippen molar-refractivity contribution >= 4 is 23.8 Å². The van der Waals surface area contributed by atoms with Crippen molar-refractivity contribution in [3.8, 4) is 0 Å². The van der Waals surface area contributed by atoms with Gasteiger partial charge in [-0.3, -0.25) is 4.79 Å². The van der Waals surface area contributed by atoms with Crippen molar-refractivity contribution < 1.29 is 42.1 Å². The number of morpholine rings is 1. The normalized spacial score (nSPS) is 17.2. The molecule has 1 fully saturated rings. The Morgan fingerprint density at radius 2 is 1.63 bits per heavy atom. The standard InChI is InChI=1S/C30H31F3N4O6/c31-19-8-4-17(5-9-19)26(18-6-10-20(32)11-7-18)27(37-30(40)41)28(38)36-25-3-1-2-24(33)23(25)13-12-22-14-35-21(15-42-22)16-43-29(34)39/h1-11,21-22,26-27,35,37H,12-16H2,(H2,34,39)(H,36,38)(H,40,41)/t21-,22+,27-/m0/s1. The molecular weight excluding hydrogens is 569 g/mol. The quantitative estimate of drug-likeness (QED) is 0.224. The van der Waals surface area contributed by atoms with Gasteiger partial charge in [0.15, 0.2) is 0 Å². The fourth-order valence-electron chi connectivity index (χ4n) is 4.94. The number of rotatable bonds is 11. The fourth-order valence-corrected chi connectivity index (χ4v) is 4.94. The van der Waals surface area contributed by atoms with Crippen LogP contribution in [0.4, 0.5) is 28.4 Å². The zero-order chi connectivity index (χ0) is 30.9. The third-order valence-electron chi connectivity index (χ3n) is 7.04. The van der Waals surface area contributed by atoms with E-state index in [0.717, 1.165) is 0 Å². The Morgan fingerprint density at radius 3 is 2.16 bits per heavy atom. The summed E-state index contributed by atoms with van der Waals surface area (Å²) in [5, 5.41) is 17.7. The molecule has 43 heavy (non-hydrogen) atoms. The van der Waals surface area contributed by atoms with Crippen LogP contribution in [0.1, 0.15) is 29.0 Å². The molecule has 0 aliphatic carbocycles. The molecule has 0 saturated carbocycles. The Hall–Kier alpha value is -4.62. The monoisotopic (exact) mass is 600 g/mol. The highest BCUT2D eigenvalue weighted by molar-refractivity contribution is 5.98. The average Bonchev–Trinajstić information content (AvgIpc) is 2.97. The number of ether oxygens (including phenoxy) is 2. The maximum Gasteiger partial charge on any atom is 0.405 e. The van der Waals surface area contributed by atoms with Crippen molar-refractivity contribution in [2.45, 2.75) is 36.9 Å². The Kier molecular flexibility index (Phi) is 10.6. The molecule has 0 aromatic heterocycles. The van der Waals surface area contributed by atoms with Gasteiger partial charge in [-0.2, -0.15) is 0 Å². The Bertz CT molecular complexity index is 1370. The van der Waals surface area contributed by atoms with Gasteiger partial charge >= 0.3 is 12.2 Å². The molecule has 0 spiro atoms. The van der Waals surface area contributed by atoms with Crippen LogP contribution in [0.3, 0.4) is 0 Å². The molecule has 0 unspecified atom stereocenters. The molecule has 3 aromatic rings. The summed E-state index contributed by atoms with van der Waals surface area (Å²) in [5.74, 6) is -3.44. The largest absolute Gasteiger partial charge is 0.465 e. The molecule has 0 radical (unpaired) electrons. The van der Waals surface area contributed by atoms with Crippen LogP contribution >= 0.6 is 0 Å². The van der Waals surface area contributed by atoms with Gasteiger partial charge in [-0.1, -0.05) is 30.3 Å². The van der Waals surface area contributed by atoms with E-state index in [4.69, 9.17) is 15.2 Å². The fraction of sp³-hybridized carbons (Fsp3) is 0.300. The molecule has 1 heterocycles. The Labute approximate surface area is 245 Å². The van der Waals surface area contributed by atoms with Crippen LogP contribution in [0.2, 0.25) is 0 Å². The molecule has 1 saturated heterocycles. The number of nitrogens with one attached hydrogen (secondary N) is 3. The first-order chi connectivity index (χ1) is 20.6. The molecule has 3 atom stereocenters. The van der Waals surface area contributed by atoms with Crippen LogP contribution in [0.25, 0.3) is 0 Å². The number of carbonyl (C=O) groups is 3. The highest BCUT2D eigenvalue weighted by Gasteiger charge is 2.33. The molecule has 1 aliphatic heterocycles.